The van der Waals surface area contributed by atoms with Crippen molar-refractivity contribution in [3.8, 4) is 6.07 Å². The fourth-order valence-corrected chi connectivity index (χ4v) is 4.13. The lowest BCUT2D eigenvalue weighted by Crippen LogP contribution is -2.49. The minimum absolute atomic E-state index is 0.580. The fraction of sp³-hybridized carbons (Fsp3) is 0.611. The Hall–Kier alpha value is -1.53. The van der Waals surface area contributed by atoms with Gasteiger partial charge in [-0.3, -0.25) is 0 Å². The van der Waals surface area contributed by atoms with Crippen LogP contribution in [0.3, 0.4) is 0 Å². The first kappa shape index (κ1) is 14.4. The van der Waals surface area contributed by atoms with Crippen LogP contribution in [0.25, 0.3) is 0 Å². The maximum absolute atomic E-state index is 9.49. The van der Waals surface area contributed by atoms with Crippen LogP contribution in [0.4, 0.5) is 5.69 Å². The van der Waals surface area contributed by atoms with Gasteiger partial charge in [0, 0.05) is 24.7 Å². The van der Waals surface area contributed by atoms with Crippen molar-refractivity contribution in [2.45, 2.75) is 64.1 Å². The van der Waals surface area contributed by atoms with Crippen LogP contribution >= 0.6 is 0 Å². The third-order valence-corrected chi connectivity index (χ3v) is 5.00. The average molecular weight is 283 g/mol. The third-order valence-electron chi connectivity index (χ3n) is 5.00. The van der Waals surface area contributed by atoms with Crippen LogP contribution in [0, 0.1) is 18.3 Å². The molecule has 0 spiro atoms. The van der Waals surface area contributed by atoms with Gasteiger partial charge in [0.25, 0.3) is 0 Å². The van der Waals surface area contributed by atoms with Gasteiger partial charge < -0.3 is 10.2 Å². The summed E-state index contributed by atoms with van der Waals surface area (Å²) in [6, 6.07) is 10.4. The summed E-state index contributed by atoms with van der Waals surface area (Å²) < 4.78 is 0. The minimum Gasteiger partial charge on any atom is -0.367 e. The number of hydrogen-bond acceptors (Lipinski definition) is 3. The Bertz CT molecular complexity index is 534. The predicted octanol–water partition coefficient (Wildman–Crippen LogP) is 3.37. The lowest BCUT2D eigenvalue weighted by Gasteiger charge is -2.40. The molecular weight excluding hydrogens is 258 g/mol. The van der Waals surface area contributed by atoms with Crippen LogP contribution in [-0.2, 0) is 0 Å². The van der Waals surface area contributed by atoms with E-state index >= 15 is 0 Å². The van der Waals surface area contributed by atoms with Crippen molar-refractivity contribution < 1.29 is 0 Å². The Balaban J connectivity index is 1.93. The molecule has 2 aliphatic rings. The van der Waals surface area contributed by atoms with E-state index in [-0.39, 0.29) is 0 Å². The summed E-state index contributed by atoms with van der Waals surface area (Å²) in [4.78, 5) is 2.53. The molecule has 2 heterocycles. The standard InChI is InChI=1S/C18H25N3/c1-3-9-21(17-10-15-7-8-16(11-17)20-15)18-13(2)5-4-6-14(18)12-19/h4-6,15-17,20H,3,7-11H2,1-2H3. The summed E-state index contributed by atoms with van der Waals surface area (Å²) in [6.07, 6.45) is 6.20. The Morgan fingerprint density at radius 3 is 2.62 bits per heavy atom. The Morgan fingerprint density at radius 1 is 1.29 bits per heavy atom. The van der Waals surface area contributed by atoms with Gasteiger partial charge in [-0.15, -0.1) is 0 Å². The summed E-state index contributed by atoms with van der Waals surface area (Å²) in [5.41, 5.74) is 3.23. The van der Waals surface area contributed by atoms with Crippen LogP contribution in [0.1, 0.15) is 50.2 Å². The summed E-state index contributed by atoms with van der Waals surface area (Å²) in [6.45, 7) is 5.41. The minimum atomic E-state index is 0.580. The van der Waals surface area contributed by atoms with Gasteiger partial charge in [0.1, 0.15) is 6.07 Å². The first-order chi connectivity index (χ1) is 10.2. The number of hydrogen-bond donors (Lipinski definition) is 1. The van der Waals surface area contributed by atoms with Gasteiger partial charge in [-0.05, 0) is 50.7 Å². The molecule has 0 amide bonds. The maximum Gasteiger partial charge on any atom is 0.101 e. The van der Waals surface area contributed by atoms with Gasteiger partial charge in [-0.2, -0.15) is 5.26 Å². The van der Waals surface area contributed by atoms with Crippen molar-refractivity contribution in [1.29, 1.82) is 5.26 Å². The van der Waals surface area contributed by atoms with Gasteiger partial charge in [-0.1, -0.05) is 19.1 Å². The molecule has 3 nitrogen and oxygen atoms in total. The molecule has 3 rings (SSSR count). The van der Waals surface area contributed by atoms with Crippen LogP contribution in [0.2, 0.25) is 0 Å². The number of piperidine rings is 1. The van der Waals surface area contributed by atoms with Crippen LogP contribution in [0.5, 0.6) is 0 Å². The normalized spacial score (nSPS) is 27.4. The van der Waals surface area contributed by atoms with E-state index in [2.05, 4.69) is 36.2 Å². The lowest BCUT2D eigenvalue weighted by atomic mass is 9.95. The highest BCUT2D eigenvalue weighted by Crippen LogP contribution is 2.35. The molecule has 2 saturated heterocycles. The zero-order valence-electron chi connectivity index (χ0n) is 13.1. The number of rotatable bonds is 4. The molecule has 3 heteroatoms. The van der Waals surface area contributed by atoms with Crippen molar-refractivity contribution >= 4 is 5.69 Å². The monoisotopic (exact) mass is 283 g/mol. The largest absolute Gasteiger partial charge is 0.367 e. The molecule has 0 aromatic heterocycles. The summed E-state index contributed by atoms with van der Waals surface area (Å²) in [7, 11) is 0. The van der Waals surface area contributed by atoms with Gasteiger partial charge in [0.05, 0.1) is 11.3 Å². The number of nitriles is 1. The highest BCUT2D eigenvalue weighted by molar-refractivity contribution is 5.64. The molecule has 2 atom stereocenters. The van der Waals surface area contributed by atoms with Crippen LogP contribution in [0.15, 0.2) is 18.2 Å². The zero-order chi connectivity index (χ0) is 14.8. The molecule has 1 aromatic carbocycles. The molecule has 2 bridgehead atoms. The predicted molar refractivity (Wildman–Crippen MR) is 86.5 cm³/mol. The van der Waals surface area contributed by atoms with Gasteiger partial charge in [-0.25, -0.2) is 0 Å². The number of benzene rings is 1. The molecule has 21 heavy (non-hydrogen) atoms. The number of nitrogens with one attached hydrogen (secondary N) is 1. The molecule has 112 valence electrons. The van der Waals surface area contributed by atoms with E-state index in [4.69, 9.17) is 0 Å². The number of nitrogens with zero attached hydrogens (tertiary/aromatic N) is 2. The quantitative estimate of drug-likeness (QED) is 0.921. The van der Waals surface area contributed by atoms with Crippen LogP contribution in [-0.4, -0.2) is 24.7 Å². The Labute approximate surface area is 128 Å². The summed E-state index contributed by atoms with van der Waals surface area (Å²) in [5, 5.41) is 13.2. The molecular formula is C18H25N3. The number of anilines is 1. The maximum atomic E-state index is 9.49. The molecule has 0 saturated carbocycles. The number of aryl methyl sites for hydroxylation is 1. The van der Waals surface area contributed by atoms with Crippen molar-refractivity contribution in [2.24, 2.45) is 0 Å². The first-order valence-electron chi connectivity index (χ1n) is 8.25. The fourth-order valence-electron chi connectivity index (χ4n) is 4.13. The lowest BCUT2D eigenvalue weighted by molar-refractivity contribution is 0.346. The molecule has 2 unspecified atom stereocenters. The molecule has 0 aliphatic carbocycles. The summed E-state index contributed by atoms with van der Waals surface area (Å²) in [5.74, 6) is 0. The van der Waals surface area contributed by atoms with E-state index in [0.29, 0.717) is 18.1 Å². The molecule has 2 fully saturated rings. The van der Waals surface area contributed by atoms with Gasteiger partial charge >= 0.3 is 0 Å². The van der Waals surface area contributed by atoms with Crippen molar-refractivity contribution in [1.82, 2.24) is 5.32 Å². The molecule has 0 radical (unpaired) electrons. The second-order valence-electron chi connectivity index (χ2n) is 6.54. The van der Waals surface area contributed by atoms with Crippen molar-refractivity contribution in [3.63, 3.8) is 0 Å². The third kappa shape index (κ3) is 2.78. The highest BCUT2D eigenvalue weighted by atomic mass is 15.2. The van der Waals surface area contributed by atoms with E-state index in [1.54, 1.807) is 0 Å². The van der Waals surface area contributed by atoms with E-state index in [9.17, 15) is 5.26 Å². The Kier molecular flexibility index (Phi) is 4.17. The molecule has 1 aromatic rings. The smallest absolute Gasteiger partial charge is 0.101 e. The topological polar surface area (TPSA) is 39.1 Å². The van der Waals surface area contributed by atoms with E-state index in [1.807, 2.05) is 12.1 Å². The number of para-hydroxylation sites is 1. The second-order valence-corrected chi connectivity index (χ2v) is 6.54. The van der Waals surface area contributed by atoms with Crippen molar-refractivity contribution in [2.75, 3.05) is 11.4 Å². The Morgan fingerprint density at radius 2 is 2.00 bits per heavy atom. The first-order valence-corrected chi connectivity index (χ1v) is 8.25. The van der Waals surface area contributed by atoms with E-state index in [1.165, 1.54) is 36.9 Å². The molecule has 2 aliphatic heterocycles. The van der Waals surface area contributed by atoms with Gasteiger partial charge in [0.2, 0.25) is 0 Å². The van der Waals surface area contributed by atoms with Crippen molar-refractivity contribution in [3.05, 3.63) is 29.3 Å². The van der Waals surface area contributed by atoms with Crippen LogP contribution < -0.4 is 10.2 Å². The zero-order valence-corrected chi connectivity index (χ0v) is 13.1. The number of fused-ring (bicyclic) bond motifs is 2. The highest BCUT2D eigenvalue weighted by Gasteiger charge is 2.36. The van der Waals surface area contributed by atoms with E-state index < -0.39 is 0 Å². The SMILES string of the molecule is CCCN(c1c(C)cccc1C#N)C1CC2CCC(C1)N2. The van der Waals surface area contributed by atoms with E-state index in [0.717, 1.165) is 18.5 Å². The molecule has 1 N–H and O–H groups in total. The van der Waals surface area contributed by atoms with Gasteiger partial charge in [0.15, 0.2) is 0 Å². The second kappa shape index (κ2) is 6.07. The average Bonchev–Trinajstić information content (AvgIpc) is 2.83. The summed E-state index contributed by atoms with van der Waals surface area (Å²) >= 11 is 0.